The number of rotatable bonds is 2. The molecule has 0 atom stereocenters. The zero-order valence-corrected chi connectivity index (χ0v) is 25.9. The van der Waals surface area contributed by atoms with Crippen molar-refractivity contribution in [1.29, 1.82) is 0 Å². The number of hydrogen-bond acceptors (Lipinski definition) is 4. The van der Waals surface area contributed by atoms with Gasteiger partial charge in [-0.15, -0.1) is 17.7 Å². The second-order valence-corrected chi connectivity index (χ2v) is 12.0. The van der Waals surface area contributed by atoms with Crippen LogP contribution < -0.4 is 0 Å². The molecule has 0 fully saturated rings. The third-order valence-electron chi connectivity index (χ3n) is 7.10. The summed E-state index contributed by atoms with van der Waals surface area (Å²) in [4.78, 5) is 15.2. The van der Waals surface area contributed by atoms with Gasteiger partial charge in [0.15, 0.2) is 5.78 Å². The SMILES string of the molecule is CC(=O)/C=C(/C)O.CC(C)(C)Cc1ccc2c3c1oc1cc[c-]c(c13)-c1nc3ccccc3cc1C2(C)C.[Ir]. The van der Waals surface area contributed by atoms with E-state index in [1.54, 1.807) is 0 Å². The first kappa shape index (κ1) is 28.7. The number of carbonyl (C=O) groups excluding carboxylic acids is 1. The molecule has 1 N–H and O–H groups in total. The third-order valence-corrected chi connectivity index (χ3v) is 7.10. The number of nitrogens with zero attached hydrogens (tertiary/aromatic N) is 1. The average Bonchev–Trinajstić information content (AvgIpc) is 3.19. The topological polar surface area (TPSA) is 63.3 Å². The molecule has 2 heterocycles. The van der Waals surface area contributed by atoms with E-state index in [0.29, 0.717) is 0 Å². The molecular formula is C34H34IrNO3-. The molecule has 5 aromatic rings. The van der Waals surface area contributed by atoms with Crippen LogP contribution in [0.5, 0.6) is 0 Å². The van der Waals surface area contributed by atoms with E-state index in [-0.39, 0.29) is 42.5 Å². The number of para-hydroxylation sites is 1. The van der Waals surface area contributed by atoms with Gasteiger partial charge in [-0.05, 0) is 59.3 Å². The van der Waals surface area contributed by atoms with Gasteiger partial charge in [-0.3, -0.25) is 9.78 Å². The van der Waals surface area contributed by atoms with E-state index < -0.39 is 0 Å². The van der Waals surface area contributed by atoms with Crippen LogP contribution in [0.15, 0.2) is 70.8 Å². The van der Waals surface area contributed by atoms with Crippen LogP contribution in [-0.4, -0.2) is 15.9 Å². The summed E-state index contributed by atoms with van der Waals surface area (Å²) in [6.45, 7) is 14.3. The van der Waals surface area contributed by atoms with Crippen molar-refractivity contribution in [3.05, 3.63) is 89.2 Å². The monoisotopic (exact) mass is 697 g/mol. The Morgan fingerprint density at radius 2 is 1.77 bits per heavy atom. The fourth-order valence-electron chi connectivity index (χ4n) is 5.55. The van der Waals surface area contributed by atoms with Gasteiger partial charge in [0.2, 0.25) is 0 Å². The van der Waals surface area contributed by atoms with Crippen LogP contribution in [0, 0.1) is 11.5 Å². The van der Waals surface area contributed by atoms with Gasteiger partial charge < -0.3 is 9.52 Å². The van der Waals surface area contributed by atoms with Crippen LogP contribution in [0.2, 0.25) is 0 Å². The number of aliphatic hydroxyl groups excluding tert-OH is 1. The first-order valence-electron chi connectivity index (χ1n) is 13.0. The van der Waals surface area contributed by atoms with Gasteiger partial charge in [0.1, 0.15) is 5.58 Å². The smallest absolute Gasteiger partial charge is 0.155 e. The molecule has 39 heavy (non-hydrogen) atoms. The van der Waals surface area contributed by atoms with Gasteiger partial charge in [0.25, 0.3) is 0 Å². The van der Waals surface area contributed by atoms with Crippen LogP contribution in [-0.2, 0) is 36.7 Å². The maximum Gasteiger partial charge on any atom is 0.155 e. The van der Waals surface area contributed by atoms with Crippen molar-refractivity contribution in [3.8, 4) is 11.3 Å². The molecule has 0 bridgehead atoms. The summed E-state index contributed by atoms with van der Waals surface area (Å²) in [5.74, 6) is -0.0625. The Balaban J connectivity index is 0.000000394. The Bertz CT molecular complexity index is 1750. The van der Waals surface area contributed by atoms with Gasteiger partial charge in [0, 0.05) is 31.6 Å². The van der Waals surface area contributed by atoms with Crippen LogP contribution in [0.25, 0.3) is 44.1 Å². The molecule has 1 radical (unpaired) electrons. The standard InChI is InChI=1S/C29H26NO.C5H8O2.Ir/c1-28(2,3)16-18-13-14-20-25-24-19(10-8-12-23(24)31-27(18)25)26-21(29(20,4)5)15-17-9-6-7-11-22(17)30-26;1-4(6)3-5(2)7;/h6-9,11-15H,16H2,1-5H3;3,6H,1-2H3;/q-1;;/b;4-3-;. The quantitative estimate of drug-likeness (QED) is 0.114. The van der Waals surface area contributed by atoms with E-state index >= 15 is 0 Å². The van der Waals surface area contributed by atoms with E-state index in [2.05, 4.69) is 83.1 Å². The van der Waals surface area contributed by atoms with Crippen LogP contribution >= 0.6 is 0 Å². The van der Waals surface area contributed by atoms with E-state index in [1.165, 1.54) is 47.4 Å². The van der Waals surface area contributed by atoms with Crippen molar-refractivity contribution < 1.29 is 34.4 Å². The molecule has 0 aliphatic heterocycles. The molecule has 1 aliphatic rings. The fourth-order valence-corrected chi connectivity index (χ4v) is 5.55. The second-order valence-electron chi connectivity index (χ2n) is 12.0. The molecular weight excluding hydrogens is 663 g/mol. The first-order chi connectivity index (χ1) is 17.9. The minimum absolute atomic E-state index is 0. The van der Waals surface area contributed by atoms with E-state index in [0.717, 1.165) is 39.7 Å². The fraction of sp³-hybridized carbons (Fsp3) is 0.294. The van der Waals surface area contributed by atoms with Gasteiger partial charge in [0.05, 0.1) is 16.9 Å². The van der Waals surface area contributed by atoms with Crippen molar-refractivity contribution in [2.75, 3.05) is 0 Å². The van der Waals surface area contributed by atoms with Crippen molar-refractivity contribution in [2.45, 2.75) is 60.3 Å². The summed E-state index contributed by atoms with van der Waals surface area (Å²) in [5.41, 5.74) is 8.82. The molecule has 0 saturated carbocycles. The number of hydrogen-bond donors (Lipinski definition) is 1. The molecule has 1 aliphatic carbocycles. The summed E-state index contributed by atoms with van der Waals surface area (Å²) in [5, 5.41) is 11.9. The number of allylic oxidation sites excluding steroid dienone is 2. The van der Waals surface area contributed by atoms with Crippen molar-refractivity contribution in [2.24, 2.45) is 5.41 Å². The van der Waals surface area contributed by atoms with Crippen molar-refractivity contribution >= 4 is 38.6 Å². The Morgan fingerprint density at radius 1 is 1.05 bits per heavy atom. The molecule has 0 unspecified atom stereocenters. The third kappa shape index (κ3) is 5.31. The number of benzene rings is 3. The first-order valence-corrected chi connectivity index (χ1v) is 13.0. The Hall–Kier alpha value is -3.27. The molecule has 0 saturated heterocycles. The Kier molecular flexibility index (Phi) is 7.64. The van der Waals surface area contributed by atoms with Gasteiger partial charge in [-0.25, -0.2) is 0 Å². The number of aromatic nitrogens is 1. The van der Waals surface area contributed by atoms with E-state index in [4.69, 9.17) is 14.5 Å². The minimum Gasteiger partial charge on any atom is -0.512 e. The summed E-state index contributed by atoms with van der Waals surface area (Å²) >= 11 is 0. The normalized spacial score (nSPS) is 14.0. The van der Waals surface area contributed by atoms with Crippen LogP contribution in [0.1, 0.15) is 65.2 Å². The second kappa shape index (κ2) is 10.4. The summed E-state index contributed by atoms with van der Waals surface area (Å²) in [7, 11) is 0. The van der Waals surface area contributed by atoms with E-state index in [9.17, 15) is 4.79 Å². The molecule has 2 aromatic heterocycles. The van der Waals surface area contributed by atoms with Crippen molar-refractivity contribution in [3.63, 3.8) is 0 Å². The number of ketones is 1. The maximum atomic E-state index is 10.0. The summed E-state index contributed by atoms with van der Waals surface area (Å²) < 4.78 is 6.53. The largest absolute Gasteiger partial charge is 0.512 e. The zero-order valence-electron chi connectivity index (χ0n) is 23.5. The number of fused-ring (bicyclic) bond motifs is 3. The van der Waals surface area contributed by atoms with Crippen LogP contribution in [0.3, 0.4) is 0 Å². The summed E-state index contributed by atoms with van der Waals surface area (Å²) in [6.07, 6.45) is 2.14. The number of carbonyl (C=O) groups is 1. The van der Waals surface area contributed by atoms with Crippen molar-refractivity contribution in [1.82, 2.24) is 4.98 Å². The number of pyridine rings is 1. The van der Waals surface area contributed by atoms with Gasteiger partial charge in [-0.2, -0.15) is 0 Å². The Morgan fingerprint density at radius 3 is 2.41 bits per heavy atom. The molecule has 0 spiro atoms. The molecule has 4 nitrogen and oxygen atoms in total. The average molecular weight is 697 g/mol. The van der Waals surface area contributed by atoms with Gasteiger partial charge in [-0.1, -0.05) is 88.0 Å². The molecule has 0 amide bonds. The minimum atomic E-state index is -0.214. The van der Waals surface area contributed by atoms with Gasteiger partial charge >= 0.3 is 0 Å². The molecule has 203 valence electrons. The molecule has 6 rings (SSSR count). The summed E-state index contributed by atoms with van der Waals surface area (Å²) in [6, 6.07) is 22.8. The number of furan rings is 1. The molecule has 3 aromatic carbocycles. The predicted octanol–water partition coefficient (Wildman–Crippen LogP) is 8.86. The predicted molar refractivity (Wildman–Crippen MR) is 156 cm³/mol. The maximum absolute atomic E-state index is 10.0. The van der Waals surface area contributed by atoms with E-state index in [1.807, 2.05) is 12.1 Å². The molecule has 5 heteroatoms. The zero-order chi connectivity index (χ0) is 27.4. The Labute approximate surface area is 243 Å². The van der Waals surface area contributed by atoms with Crippen LogP contribution in [0.4, 0.5) is 0 Å². The number of aliphatic hydroxyl groups is 1.